The number of rotatable bonds is 3. The predicted molar refractivity (Wildman–Crippen MR) is 67.2 cm³/mol. The lowest BCUT2D eigenvalue weighted by molar-refractivity contribution is 0.549. The lowest BCUT2D eigenvalue weighted by Crippen LogP contribution is -2.13. The molecule has 1 N–H and O–H groups in total. The van der Waals surface area contributed by atoms with Crippen molar-refractivity contribution in [1.29, 1.82) is 0 Å². The van der Waals surface area contributed by atoms with Crippen LogP contribution in [0.4, 0.5) is 0 Å². The van der Waals surface area contributed by atoms with Gasteiger partial charge in [0.2, 0.25) is 0 Å². The first-order valence-electron chi connectivity index (χ1n) is 5.24. The molecule has 86 valence electrons. The molecule has 0 radical (unpaired) electrons. The first kappa shape index (κ1) is 12.7. The van der Waals surface area contributed by atoms with E-state index in [1.165, 1.54) is 5.69 Å². The maximum atomic E-state index is 4.58. The third-order valence-electron chi connectivity index (χ3n) is 2.42. The van der Waals surface area contributed by atoms with E-state index in [4.69, 9.17) is 0 Å². The Morgan fingerprint density at radius 2 is 2.00 bits per heavy atom. The molecular formula is C11H20BrN3. The molecule has 1 rings (SSSR count). The van der Waals surface area contributed by atoms with Crippen molar-refractivity contribution in [2.75, 3.05) is 13.6 Å². The third-order valence-corrected chi connectivity index (χ3v) is 3.26. The smallest absolute Gasteiger partial charge is 0.0822 e. The number of halogens is 1. The van der Waals surface area contributed by atoms with Crippen LogP contribution in [0.5, 0.6) is 0 Å². The molecule has 0 aliphatic carbocycles. The SMILES string of the molecule is CNCCc1c(Br)c(C(C)(C)C)nn1C. The lowest BCUT2D eigenvalue weighted by Gasteiger charge is -2.15. The van der Waals surface area contributed by atoms with Gasteiger partial charge in [-0.1, -0.05) is 20.8 Å². The average molecular weight is 274 g/mol. The third kappa shape index (κ3) is 2.82. The minimum absolute atomic E-state index is 0.0918. The Morgan fingerprint density at radius 1 is 1.40 bits per heavy atom. The predicted octanol–water partition coefficient (Wildman–Crippen LogP) is 2.24. The highest BCUT2D eigenvalue weighted by Crippen LogP contribution is 2.31. The van der Waals surface area contributed by atoms with E-state index in [2.05, 4.69) is 47.1 Å². The van der Waals surface area contributed by atoms with Gasteiger partial charge in [0.1, 0.15) is 0 Å². The van der Waals surface area contributed by atoms with Crippen molar-refractivity contribution in [1.82, 2.24) is 15.1 Å². The van der Waals surface area contributed by atoms with Crippen LogP contribution in [0.15, 0.2) is 4.47 Å². The number of nitrogens with one attached hydrogen (secondary N) is 1. The highest BCUT2D eigenvalue weighted by atomic mass is 79.9. The second kappa shape index (κ2) is 4.66. The first-order valence-corrected chi connectivity index (χ1v) is 6.03. The van der Waals surface area contributed by atoms with E-state index in [1.807, 2.05) is 18.8 Å². The molecule has 0 aromatic carbocycles. The summed E-state index contributed by atoms with van der Waals surface area (Å²) in [6.07, 6.45) is 0.997. The van der Waals surface area contributed by atoms with E-state index in [0.717, 1.165) is 23.1 Å². The second-order valence-electron chi connectivity index (χ2n) is 4.84. The monoisotopic (exact) mass is 273 g/mol. The molecular weight excluding hydrogens is 254 g/mol. The average Bonchev–Trinajstić information content (AvgIpc) is 2.39. The van der Waals surface area contributed by atoms with Gasteiger partial charge in [0.25, 0.3) is 0 Å². The van der Waals surface area contributed by atoms with Crippen LogP contribution in [-0.2, 0) is 18.9 Å². The van der Waals surface area contributed by atoms with Gasteiger partial charge in [0.15, 0.2) is 0 Å². The van der Waals surface area contributed by atoms with Gasteiger partial charge in [-0.3, -0.25) is 4.68 Å². The molecule has 0 amide bonds. The topological polar surface area (TPSA) is 29.9 Å². The van der Waals surface area contributed by atoms with Crippen molar-refractivity contribution >= 4 is 15.9 Å². The van der Waals surface area contributed by atoms with Crippen molar-refractivity contribution in [3.8, 4) is 0 Å². The molecule has 0 bridgehead atoms. The van der Waals surface area contributed by atoms with Crippen LogP contribution in [0.25, 0.3) is 0 Å². The Kier molecular flexibility index (Phi) is 3.95. The zero-order chi connectivity index (χ0) is 11.6. The Labute approximate surface area is 100 Å². The normalized spacial score (nSPS) is 12.1. The molecule has 0 aliphatic rings. The van der Waals surface area contributed by atoms with Crippen molar-refractivity contribution < 1.29 is 0 Å². The summed E-state index contributed by atoms with van der Waals surface area (Å²) in [6.45, 7) is 7.52. The van der Waals surface area contributed by atoms with Gasteiger partial charge < -0.3 is 5.32 Å². The van der Waals surface area contributed by atoms with Gasteiger partial charge in [0.05, 0.1) is 15.9 Å². The Morgan fingerprint density at radius 3 is 2.40 bits per heavy atom. The number of aromatic nitrogens is 2. The van der Waals surface area contributed by atoms with Crippen molar-refractivity contribution in [2.24, 2.45) is 7.05 Å². The van der Waals surface area contributed by atoms with E-state index in [0.29, 0.717) is 0 Å². The molecule has 4 heteroatoms. The minimum atomic E-state index is 0.0918. The van der Waals surface area contributed by atoms with Gasteiger partial charge in [-0.15, -0.1) is 0 Å². The molecule has 0 aliphatic heterocycles. The largest absolute Gasteiger partial charge is 0.319 e. The highest BCUT2D eigenvalue weighted by Gasteiger charge is 2.23. The Balaban J connectivity index is 3.04. The number of likely N-dealkylation sites (N-methyl/N-ethyl adjacent to an activating group) is 1. The maximum absolute atomic E-state index is 4.58. The Hall–Kier alpha value is -0.350. The Bertz CT molecular complexity index is 336. The quantitative estimate of drug-likeness (QED) is 0.916. The molecule has 15 heavy (non-hydrogen) atoms. The standard InChI is InChI=1S/C11H20BrN3/c1-11(2,3)10-9(12)8(6-7-13-4)15(5)14-10/h13H,6-7H2,1-5H3. The fourth-order valence-corrected chi connectivity index (χ4v) is 2.66. The highest BCUT2D eigenvalue weighted by molar-refractivity contribution is 9.10. The van der Waals surface area contributed by atoms with Gasteiger partial charge >= 0.3 is 0 Å². The fraction of sp³-hybridized carbons (Fsp3) is 0.727. The van der Waals surface area contributed by atoms with Gasteiger partial charge in [-0.2, -0.15) is 5.10 Å². The van der Waals surface area contributed by atoms with Crippen LogP contribution >= 0.6 is 15.9 Å². The summed E-state index contributed by atoms with van der Waals surface area (Å²) in [4.78, 5) is 0. The zero-order valence-electron chi connectivity index (χ0n) is 10.2. The maximum Gasteiger partial charge on any atom is 0.0822 e. The first-order chi connectivity index (χ1) is 6.88. The van der Waals surface area contributed by atoms with Crippen LogP contribution < -0.4 is 5.32 Å². The molecule has 0 unspecified atom stereocenters. The van der Waals surface area contributed by atoms with Gasteiger partial charge in [-0.05, 0) is 23.0 Å². The van der Waals surface area contributed by atoms with Crippen molar-refractivity contribution in [2.45, 2.75) is 32.6 Å². The summed E-state index contributed by atoms with van der Waals surface area (Å²) in [5.74, 6) is 0. The van der Waals surface area contributed by atoms with Crippen LogP contribution in [-0.4, -0.2) is 23.4 Å². The molecule has 0 atom stereocenters. The molecule has 0 saturated carbocycles. The van der Waals surface area contributed by atoms with E-state index >= 15 is 0 Å². The molecule has 0 fully saturated rings. The van der Waals surface area contributed by atoms with Crippen LogP contribution in [0, 0.1) is 0 Å². The molecule has 0 saturated heterocycles. The summed E-state index contributed by atoms with van der Waals surface area (Å²) >= 11 is 3.66. The molecule has 1 heterocycles. The number of hydrogen-bond acceptors (Lipinski definition) is 2. The summed E-state index contributed by atoms with van der Waals surface area (Å²) in [6, 6.07) is 0. The van der Waals surface area contributed by atoms with E-state index in [-0.39, 0.29) is 5.41 Å². The van der Waals surface area contributed by atoms with Crippen LogP contribution in [0.2, 0.25) is 0 Å². The van der Waals surface area contributed by atoms with Gasteiger partial charge in [-0.25, -0.2) is 0 Å². The molecule has 1 aromatic rings. The minimum Gasteiger partial charge on any atom is -0.319 e. The molecule has 3 nitrogen and oxygen atoms in total. The summed E-state index contributed by atoms with van der Waals surface area (Å²) in [7, 11) is 3.97. The fourth-order valence-electron chi connectivity index (χ4n) is 1.53. The van der Waals surface area contributed by atoms with Gasteiger partial charge in [0, 0.05) is 25.4 Å². The summed E-state index contributed by atoms with van der Waals surface area (Å²) in [5, 5.41) is 7.73. The molecule has 0 spiro atoms. The lowest BCUT2D eigenvalue weighted by atomic mass is 9.92. The number of aryl methyl sites for hydroxylation is 1. The number of hydrogen-bond donors (Lipinski definition) is 1. The van der Waals surface area contributed by atoms with Crippen molar-refractivity contribution in [3.05, 3.63) is 15.9 Å². The second-order valence-corrected chi connectivity index (χ2v) is 5.63. The summed E-state index contributed by atoms with van der Waals surface area (Å²) < 4.78 is 3.13. The van der Waals surface area contributed by atoms with E-state index in [9.17, 15) is 0 Å². The van der Waals surface area contributed by atoms with Crippen LogP contribution in [0.1, 0.15) is 32.2 Å². The van der Waals surface area contributed by atoms with Crippen LogP contribution in [0.3, 0.4) is 0 Å². The molecule has 1 aromatic heterocycles. The zero-order valence-corrected chi connectivity index (χ0v) is 11.8. The van der Waals surface area contributed by atoms with Crippen molar-refractivity contribution in [3.63, 3.8) is 0 Å². The van der Waals surface area contributed by atoms with E-state index < -0.39 is 0 Å². The van der Waals surface area contributed by atoms with E-state index in [1.54, 1.807) is 0 Å². The number of nitrogens with zero attached hydrogens (tertiary/aromatic N) is 2. The summed E-state index contributed by atoms with van der Waals surface area (Å²) in [5.41, 5.74) is 2.49.